The zero-order chi connectivity index (χ0) is 82.1. The summed E-state index contributed by atoms with van der Waals surface area (Å²) < 4.78 is 22.3. The maximum absolute atomic E-state index is 11.7. The van der Waals surface area contributed by atoms with Gasteiger partial charge in [0.1, 0.15) is 23.1 Å². The lowest BCUT2D eigenvalue weighted by Crippen LogP contribution is -2.36. The monoisotopic (exact) mass is 1460 g/mol. The molecule has 0 radical (unpaired) electrons. The lowest BCUT2D eigenvalue weighted by Gasteiger charge is -2.18. The van der Waals surface area contributed by atoms with Crippen molar-refractivity contribution in [3.05, 3.63) is 114 Å². The molecule has 1 aromatic carbocycles. The summed E-state index contributed by atoms with van der Waals surface area (Å²) in [5.41, 5.74) is 1.85. The highest BCUT2D eigenvalue weighted by atomic mass is 32.2. The van der Waals surface area contributed by atoms with E-state index < -0.39 is 25.8 Å². The van der Waals surface area contributed by atoms with Crippen LogP contribution in [0.15, 0.2) is 109 Å². The normalized spacial score (nSPS) is 11.5. The van der Waals surface area contributed by atoms with Crippen molar-refractivity contribution in [3.8, 4) is 0 Å². The minimum Gasteiger partial charge on any atom is -0.356 e. The molecule has 17 nitrogen and oxygen atoms in total. The van der Waals surface area contributed by atoms with Gasteiger partial charge >= 0.3 is 0 Å². The van der Waals surface area contributed by atoms with Gasteiger partial charge in [0.15, 0.2) is 38.8 Å². The number of benzene rings is 1. The van der Waals surface area contributed by atoms with E-state index >= 15 is 0 Å². The number of carbonyl (C=O) groups is 13. The molecule has 0 aliphatic rings. The van der Waals surface area contributed by atoms with Crippen molar-refractivity contribution in [2.24, 2.45) is 32.5 Å². The van der Waals surface area contributed by atoms with Crippen molar-refractivity contribution in [3.63, 3.8) is 0 Å². The van der Waals surface area contributed by atoms with E-state index in [0.717, 1.165) is 22.8 Å². The highest BCUT2D eigenvalue weighted by Gasteiger charge is 2.29. The summed E-state index contributed by atoms with van der Waals surface area (Å²) in [5.74, 6) is 0.0723. The lowest BCUT2D eigenvalue weighted by atomic mass is 9.87. The van der Waals surface area contributed by atoms with Crippen LogP contribution in [-0.2, 0) is 72.2 Å². The summed E-state index contributed by atoms with van der Waals surface area (Å²) >= 11 is 0. The van der Waals surface area contributed by atoms with E-state index in [1.165, 1.54) is 12.2 Å². The number of amides is 2. The molecule has 1 rings (SSSR count). The van der Waals surface area contributed by atoms with Gasteiger partial charge in [0.05, 0.1) is 10.5 Å². The Morgan fingerprint density at radius 2 is 0.796 bits per heavy atom. The minimum absolute atomic E-state index is 0.00316. The number of carbonyl (C=O) groups excluding carboxylic acids is 13. The molecule has 0 unspecified atom stereocenters. The highest BCUT2D eigenvalue weighted by Crippen LogP contribution is 2.23. The first kappa shape index (κ1) is 107. The zero-order valence-electron chi connectivity index (χ0n) is 69.0. The van der Waals surface area contributed by atoms with Crippen LogP contribution in [0.4, 0.5) is 0 Å². The van der Waals surface area contributed by atoms with Crippen molar-refractivity contribution in [2.45, 2.75) is 289 Å². The first-order chi connectivity index (χ1) is 46.5. The molecule has 0 bridgehead atoms. The van der Waals surface area contributed by atoms with Crippen molar-refractivity contribution in [1.29, 1.82) is 0 Å². The number of hydrogen-bond acceptors (Lipinski definition) is 15. The maximum atomic E-state index is 11.7. The van der Waals surface area contributed by atoms with Crippen LogP contribution in [0.25, 0.3) is 6.08 Å². The molecule has 0 heterocycles. The average molecular weight is 1460 g/mol. The van der Waals surface area contributed by atoms with E-state index in [2.05, 4.69) is 44.6 Å². The quantitative estimate of drug-likeness (QED) is 0.0501. The first-order valence-corrected chi connectivity index (χ1v) is 37.4. The van der Waals surface area contributed by atoms with E-state index in [1.54, 1.807) is 99.6 Å². The zero-order valence-corrected chi connectivity index (χ0v) is 69.9. The first-order valence-electron chi connectivity index (χ1n) is 35.8. The Morgan fingerprint density at radius 3 is 1.12 bits per heavy atom. The molecule has 103 heavy (non-hydrogen) atoms. The van der Waals surface area contributed by atoms with Crippen LogP contribution in [0.3, 0.4) is 0 Å². The number of ketones is 11. The molecule has 0 saturated heterocycles. The van der Waals surface area contributed by atoms with E-state index in [0.29, 0.717) is 95.6 Å². The smallest absolute Gasteiger partial charge is 0.243 e. The second kappa shape index (κ2) is 53.4. The van der Waals surface area contributed by atoms with Crippen LogP contribution in [0.5, 0.6) is 0 Å². The Bertz CT molecular complexity index is 3160. The molecule has 0 saturated carbocycles. The van der Waals surface area contributed by atoms with Crippen molar-refractivity contribution in [1.82, 2.24) is 10.6 Å². The molecule has 0 fully saturated rings. The highest BCUT2D eigenvalue weighted by molar-refractivity contribution is 7.92. The van der Waals surface area contributed by atoms with Gasteiger partial charge in [-0.05, 0) is 148 Å². The van der Waals surface area contributed by atoms with E-state index in [9.17, 15) is 70.7 Å². The molecule has 2 amide bonds. The minimum atomic E-state index is -3.15. The Hall–Kier alpha value is -7.34. The van der Waals surface area contributed by atoms with E-state index in [4.69, 9.17) is 0 Å². The van der Waals surface area contributed by atoms with E-state index in [1.807, 2.05) is 140 Å². The molecule has 0 atom stereocenters. The lowest BCUT2D eigenvalue weighted by molar-refractivity contribution is -0.138. The predicted molar refractivity (Wildman–Crippen MR) is 425 cm³/mol. The molecule has 0 spiro atoms. The fourth-order valence-corrected chi connectivity index (χ4v) is 8.22. The van der Waals surface area contributed by atoms with Gasteiger partial charge in [0.25, 0.3) is 0 Å². The second-order valence-corrected chi connectivity index (χ2v) is 35.9. The van der Waals surface area contributed by atoms with Crippen LogP contribution in [0, 0.1) is 32.5 Å². The van der Waals surface area contributed by atoms with Gasteiger partial charge in [0, 0.05) is 104 Å². The molecule has 584 valence electrons. The second-order valence-electron chi connectivity index (χ2n) is 33.1. The third-order valence-corrected chi connectivity index (χ3v) is 16.7. The van der Waals surface area contributed by atoms with Gasteiger partial charge in [-0.25, -0.2) is 8.42 Å². The molecule has 1 aromatic rings. The fraction of sp³-hybridized carbons (Fsp3) is 0.612. The number of rotatable bonds is 32. The summed E-state index contributed by atoms with van der Waals surface area (Å²) in [7, 11) is -3.15. The summed E-state index contributed by atoms with van der Waals surface area (Å²) in [5, 5.41) is 5.23. The molecule has 0 aliphatic carbocycles. The third kappa shape index (κ3) is 66.4. The van der Waals surface area contributed by atoms with Gasteiger partial charge in [0.2, 0.25) is 23.4 Å². The molecular weight excluding hydrogens is 1320 g/mol. The molecular formula is C85H138N2O15S. The fourth-order valence-electron chi connectivity index (χ4n) is 7.23. The topological polar surface area (TPSA) is 280 Å². The average Bonchev–Trinajstić information content (AvgIpc) is 0.849. The molecule has 0 aromatic heterocycles. The maximum Gasteiger partial charge on any atom is 0.243 e. The third-order valence-electron chi connectivity index (χ3n) is 14.1. The number of nitrogens with one attached hydrogen (secondary N) is 2. The number of sulfone groups is 1. The van der Waals surface area contributed by atoms with Gasteiger partial charge in [-0.15, -0.1) is 0 Å². The van der Waals surface area contributed by atoms with Gasteiger partial charge in [-0.3, -0.25) is 62.3 Å². The van der Waals surface area contributed by atoms with Crippen LogP contribution in [0.1, 0.15) is 289 Å². The van der Waals surface area contributed by atoms with Gasteiger partial charge in [-0.2, -0.15) is 0 Å². The predicted octanol–water partition coefficient (Wildman–Crippen LogP) is 17.9. The van der Waals surface area contributed by atoms with Crippen molar-refractivity contribution in [2.75, 3.05) is 18.8 Å². The Balaban J connectivity index is -0.000000268. The van der Waals surface area contributed by atoms with Gasteiger partial charge < -0.3 is 10.6 Å². The standard InChI is InChI=1S/C17H22O2.C13H22O2.C12H21NO2.2C12H20O2.C10H16O2.C9H17NO3S/c1-17(2,3)16(19)11-7-10-15(18)13-12-14-8-5-4-6-9-14;1-10(2)9-11(14)7-6-8-12(15)13(3,4)5;1-5-6-10(14)7-8-11(15)13-9-12(2,3)4;1-9(2)10(13)7-6-8-11(14)12(3,4)5;1-5-7-10(13)8-6-9-11(14)12(2,3)4;1-7(2)6-8(11)9(12)10(3,4)5;1-5-8(11)10-6-7-14(12,13)9(2,3)4/h4-6,8-9,12-13H,7,10-11H2,1-3H3;9H,6-8H2,1-5H3;5-6H,7-9H2,1-4H3,(H,13,15);1,6-8H2,2-5H3;5,7H,6,8-9H2,1-4H3;6H,1-5H3;5H,1,6-7H2,2-4H3,(H,10,11)/b13-12+;;6-5+;;7-5+;;. The van der Waals surface area contributed by atoms with Crippen LogP contribution in [0.2, 0.25) is 0 Å². The van der Waals surface area contributed by atoms with Crippen LogP contribution < -0.4 is 10.6 Å². The number of allylic oxidation sites excluding steroid dienone is 10. The summed E-state index contributed by atoms with van der Waals surface area (Å²) in [4.78, 5) is 147. The summed E-state index contributed by atoms with van der Waals surface area (Å²) in [6, 6.07) is 9.72. The molecule has 0 aliphatic heterocycles. The Kier molecular flexibility index (Phi) is 55.3. The van der Waals surface area contributed by atoms with Crippen LogP contribution >= 0.6 is 0 Å². The van der Waals surface area contributed by atoms with Crippen LogP contribution in [-0.4, -0.2) is 107 Å². The summed E-state index contributed by atoms with van der Waals surface area (Å²) in [6.45, 7) is 59.5. The summed E-state index contributed by atoms with van der Waals surface area (Å²) in [6.07, 6.45) is 21.0. The SMILES string of the molecule is C/C=C/C(=O)CCC(=O)NCC(C)(C)C.C/C=C/C(=O)CCCC(=O)C(C)(C)C.C=C(C)C(=O)CCCC(=O)C(C)(C)C.C=CC(=O)NCCS(=O)(=O)C(C)(C)C.CC(C)(C)C(=O)CCCC(=O)/C=C/c1ccccc1.CC(C)=CC(=O)C(=O)C(C)(C)C.CC(C)=CC(=O)CCCC(=O)C(C)(C)C. The van der Waals surface area contributed by atoms with Gasteiger partial charge in [-0.1, -0.05) is 197 Å². The van der Waals surface area contributed by atoms with E-state index in [-0.39, 0.29) is 115 Å². The van der Waals surface area contributed by atoms with Crippen molar-refractivity contribution >= 4 is 91.3 Å². The van der Waals surface area contributed by atoms with Crippen molar-refractivity contribution < 1.29 is 70.7 Å². The largest absolute Gasteiger partial charge is 0.356 e. The Labute approximate surface area is 623 Å². The number of hydrogen-bond donors (Lipinski definition) is 2. The number of Topliss-reactive ketones (excluding diaryl/α,β-unsaturated/α-hetero) is 6. The Morgan fingerprint density at radius 1 is 0.437 bits per heavy atom. The molecule has 18 heteroatoms. The molecule has 2 N–H and O–H groups in total.